The predicted octanol–water partition coefficient (Wildman–Crippen LogP) is 4.01. The molecule has 32 heavy (non-hydrogen) atoms. The molecule has 8 heteroatoms. The van der Waals surface area contributed by atoms with Gasteiger partial charge >= 0.3 is 5.97 Å². The van der Waals surface area contributed by atoms with Crippen LogP contribution in [0.4, 0.5) is 0 Å². The molecular formula is C24H28O8. The normalized spacial score (nSPS) is 10.8. The van der Waals surface area contributed by atoms with E-state index in [9.17, 15) is 4.79 Å². The first kappa shape index (κ1) is 24.5. The highest BCUT2D eigenvalue weighted by Gasteiger charge is 2.14. The molecule has 0 unspecified atom stereocenters. The number of rotatable bonds is 11. The Bertz CT molecular complexity index is 978. The van der Waals surface area contributed by atoms with Gasteiger partial charge in [0, 0.05) is 23.3 Å². The zero-order chi connectivity index (χ0) is 23.5. The van der Waals surface area contributed by atoms with Crippen molar-refractivity contribution < 1.29 is 38.0 Å². The summed E-state index contributed by atoms with van der Waals surface area (Å²) in [5.41, 5.74) is 1.40. The first-order valence-corrected chi connectivity index (χ1v) is 9.63. The lowest BCUT2D eigenvalue weighted by atomic mass is 10.1. The Kier molecular flexibility index (Phi) is 9.28. The van der Waals surface area contributed by atoms with Crippen molar-refractivity contribution in [2.24, 2.45) is 0 Å². The third-order valence-electron chi connectivity index (χ3n) is 4.49. The Balaban J connectivity index is 2.05. The fourth-order valence-corrected chi connectivity index (χ4v) is 2.95. The lowest BCUT2D eigenvalue weighted by Crippen LogP contribution is -2.01. The van der Waals surface area contributed by atoms with E-state index in [0.717, 1.165) is 5.56 Å². The summed E-state index contributed by atoms with van der Waals surface area (Å²) in [6.07, 6.45) is 6.38. The smallest absolute Gasteiger partial charge is 0.331 e. The van der Waals surface area contributed by atoms with Gasteiger partial charge in [0.05, 0.1) is 42.7 Å². The monoisotopic (exact) mass is 444 g/mol. The summed E-state index contributed by atoms with van der Waals surface area (Å²) in [6.45, 7) is 0.0732. The summed E-state index contributed by atoms with van der Waals surface area (Å²) in [4.78, 5) is 12.1. The van der Waals surface area contributed by atoms with Gasteiger partial charge < -0.3 is 33.2 Å². The molecule has 0 aliphatic heterocycles. The molecule has 2 aromatic rings. The molecule has 0 atom stereocenters. The molecule has 2 aromatic carbocycles. The minimum absolute atomic E-state index is 0.0732. The van der Waals surface area contributed by atoms with Crippen molar-refractivity contribution in [2.75, 3.05) is 49.3 Å². The first-order valence-electron chi connectivity index (χ1n) is 9.63. The molecule has 0 bridgehead atoms. The molecular weight excluding hydrogens is 416 g/mol. The van der Waals surface area contributed by atoms with Gasteiger partial charge in [-0.1, -0.05) is 6.08 Å². The SMILES string of the molecule is COc1cc(OC)c(OC)cc1/C=C/COC(=O)/C=C/c1ccc(OC)c(OC)c1OC. The summed E-state index contributed by atoms with van der Waals surface area (Å²) in [7, 11) is 9.24. The lowest BCUT2D eigenvalue weighted by molar-refractivity contribution is -0.136. The summed E-state index contributed by atoms with van der Waals surface area (Å²) < 4.78 is 37.2. The van der Waals surface area contributed by atoms with Crippen LogP contribution < -0.4 is 28.4 Å². The number of carbonyl (C=O) groups is 1. The Morgan fingerprint density at radius 1 is 0.688 bits per heavy atom. The number of benzene rings is 2. The minimum atomic E-state index is -0.509. The molecule has 0 aliphatic rings. The largest absolute Gasteiger partial charge is 0.496 e. The van der Waals surface area contributed by atoms with Crippen LogP contribution in [0, 0.1) is 0 Å². The molecule has 8 nitrogen and oxygen atoms in total. The van der Waals surface area contributed by atoms with Gasteiger partial charge in [0.2, 0.25) is 5.75 Å². The van der Waals surface area contributed by atoms with E-state index in [2.05, 4.69) is 0 Å². The van der Waals surface area contributed by atoms with Crippen LogP contribution in [0.3, 0.4) is 0 Å². The van der Waals surface area contributed by atoms with Crippen molar-refractivity contribution >= 4 is 18.1 Å². The first-order chi connectivity index (χ1) is 15.5. The number of ether oxygens (including phenoxy) is 7. The highest BCUT2D eigenvalue weighted by atomic mass is 16.5. The zero-order valence-electron chi connectivity index (χ0n) is 19.1. The van der Waals surface area contributed by atoms with Crippen molar-refractivity contribution in [3.63, 3.8) is 0 Å². The van der Waals surface area contributed by atoms with Crippen LogP contribution in [-0.2, 0) is 9.53 Å². The van der Waals surface area contributed by atoms with Crippen LogP contribution in [0.15, 0.2) is 36.4 Å². The molecule has 0 saturated carbocycles. The number of hydrogen-bond acceptors (Lipinski definition) is 8. The highest BCUT2D eigenvalue weighted by molar-refractivity contribution is 5.88. The number of hydrogen-bond donors (Lipinski definition) is 0. The average Bonchev–Trinajstić information content (AvgIpc) is 2.83. The molecule has 0 aromatic heterocycles. The Morgan fingerprint density at radius 2 is 1.31 bits per heavy atom. The Morgan fingerprint density at radius 3 is 1.91 bits per heavy atom. The van der Waals surface area contributed by atoms with E-state index in [1.807, 2.05) is 0 Å². The average molecular weight is 444 g/mol. The molecule has 0 heterocycles. The topological polar surface area (TPSA) is 81.7 Å². The van der Waals surface area contributed by atoms with Crippen LogP contribution in [-0.4, -0.2) is 55.2 Å². The lowest BCUT2D eigenvalue weighted by Gasteiger charge is -2.13. The van der Waals surface area contributed by atoms with Gasteiger partial charge in [-0.3, -0.25) is 0 Å². The number of methoxy groups -OCH3 is 6. The summed E-state index contributed by atoms with van der Waals surface area (Å²) in [5.74, 6) is 2.64. The van der Waals surface area contributed by atoms with E-state index in [0.29, 0.717) is 40.1 Å². The second-order valence-corrected chi connectivity index (χ2v) is 6.24. The van der Waals surface area contributed by atoms with Gasteiger partial charge in [0.25, 0.3) is 0 Å². The molecule has 0 radical (unpaired) electrons. The van der Waals surface area contributed by atoms with Gasteiger partial charge in [-0.15, -0.1) is 0 Å². The van der Waals surface area contributed by atoms with E-state index in [1.165, 1.54) is 27.4 Å². The quantitative estimate of drug-likeness (QED) is 0.380. The molecule has 0 saturated heterocycles. The van der Waals surface area contributed by atoms with Gasteiger partial charge in [-0.05, 0) is 30.4 Å². The van der Waals surface area contributed by atoms with Crippen molar-refractivity contribution in [2.45, 2.75) is 0 Å². The van der Waals surface area contributed by atoms with E-state index in [1.54, 1.807) is 63.8 Å². The molecule has 0 fully saturated rings. The maximum Gasteiger partial charge on any atom is 0.331 e. The van der Waals surface area contributed by atoms with E-state index < -0.39 is 5.97 Å². The predicted molar refractivity (Wildman–Crippen MR) is 121 cm³/mol. The van der Waals surface area contributed by atoms with Gasteiger partial charge in [-0.2, -0.15) is 0 Å². The second-order valence-electron chi connectivity index (χ2n) is 6.24. The summed E-state index contributed by atoms with van der Waals surface area (Å²) >= 11 is 0. The van der Waals surface area contributed by atoms with Crippen LogP contribution in [0.5, 0.6) is 34.5 Å². The molecule has 0 spiro atoms. The zero-order valence-corrected chi connectivity index (χ0v) is 19.1. The van der Waals surface area contributed by atoms with Crippen LogP contribution in [0.25, 0.3) is 12.2 Å². The van der Waals surface area contributed by atoms with Crippen LogP contribution in [0.2, 0.25) is 0 Å². The fraction of sp³-hybridized carbons (Fsp3) is 0.292. The Labute approximate surface area is 187 Å². The van der Waals surface area contributed by atoms with Crippen molar-refractivity contribution in [1.29, 1.82) is 0 Å². The maximum atomic E-state index is 12.1. The van der Waals surface area contributed by atoms with Gasteiger partial charge in [-0.25, -0.2) is 4.79 Å². The second kappa shape index (κ2) is 12.1. The van der Waals surface area contributed by atoms with Crippen LogP contribution in [0.1, 0.15) is 11.1 Å². The molecule has 0 amide bonds. The van der Waals surface area contributed by atoms with Crippen molar-refractivity contribution in [3.8, 4) is 34.5 Å². The van der Waals surface area contributed by atoms with Gasteiger partial charge in [0.1, 0.15) is 12.4 Å². The molecule has 172 valence electrons. The van der Waals surface area contributed by atoms with Gasteiger partial charge in [0.15, 0.2) is 23.0 Å². The summed E-state index contributed by atoms with van der Waals surface area (Å²) in [5, 5.41) is 0. The fourth-order valence-electron chi connectivity index (χ4n) is 2.95. The van der Waals surface area contributed by atoms with Crippen LogP contribution >= 0.6 is 0 Å². The molecule has 0 N–H and O–H groups in total. The molecule has 0 aliphatic carbocycles. The minimum Gasteiger partial charge on any atom is -0.496 e. The standard InChI is InChI=1S/C24H28O8/c1-26-18-11-9-16(23(30-5)24(18)31-6)10-12-22(25)32-13-7-8-17-14-20(28-3)21(29-4)15-19(17)27-2/h7-12,14-15H,13H2,1-6H3/b8-7+,12-10+. The van der Waals surface area contributed by atoms with E-state index >= 15 is 0 Å². The third kappa shape index (κ3) is 5.87. The number of carbonyl (C=O) groups excluding carboxylic acids is 1. The van der Waals surface area contributed by atoms with Crippen molar-refractivity contribution in [3.05, 3.63) is 47.5 Å². The third-order valence-corrected chi connectivity index (χ3v) is 4.49. The highest BCUT2D eigenvalue weighted by Crippen LogP contribution is 2.40. The number of esters is 1. The maximum absolute atomic E-state index is 12.1. The van der Waals surface area contributed by atoms with Crippen molar-refractivity contribution in [1.82, 2.24) is 0 Å². The van der Waals surface area contributed by atoms with E-state index in [4.69, 9.17) is 33.2 Å². The Hall–Kier alpha value is -3.81. The summed E-state index contributed by atoms with van der Waals surface area (Å²) in [6, 6.07) is 6.99. The molecule has 2 rings (SSSR count). The van der Waals surface area contributed by atoms with E-state index in [-0.39, 0.29) is 6.61 Å².